The number of piperidine rings is 1. The van der Waals surface area contributed by atoms with E-state index in [9.17, 15) is 27.6 Å². The Morgan fingerprint density at radius 2 is 1.59 bits per heavy atom. The van der Waals surface area contributed by atoms with Crippen LogP contribution in [0.3, 0.4) is 0 Å². The number of rotatable bonds is 14. The number of Topliss-reactive ketones (excluding diaryl/α,β-unsaturated/α-hetero) is 1. The SMILES string of the molecule is C=C(C)C(CC)(C(=C)C)[C@H](NC(=O)NC1(C2CCCS2(=O)=O)CCCCC1)C(=O)N1C[C@H]2[C@@H]([C@H]1C(=O)NCC(=O)C(=O)NC1CC1)[C@@]2(C)C(C)C. The Hall–Kier alpha value is -3.22. The molecule has 0 radical (unpaired) electrons. The van der Waals surface area contributed by atoms with Crippen molar-refractivity contribution < 1.29 is 32.4 Å². The number of urea groups is 1. The molecule has 2 saturated heterocycles. The van der Waals surface area contributed by atoms with Crippen molar-refractivity contribution in [1.29, 1.82) is 0 Å². The Bertz CT molecular complexity index is 1570. The van der Waals surface area contributed by atoms with E-state index in [4.69, 9.17) is 0 Å². The standard InChI is InChI=1S/C38H59N5O7S/c1-9-38(23(4)5,24(6)7)31(41-35(48)42-37(17-11-10-12-18-37)28-14-13-19-51(28,49)50)34(47)43-21-26-29(36(26,8)22(2)3)30(43)33(46)39-20-27(44)32(45)40-25-15-16-25/h22,25-26,28-31H,4,6,9-21H2,1-3,5,7-8H3,(H,39,46)(H,40,45)(H2,41,42,48)/t26-,28?,29-,30-,31+,36-/m0/s1. The first-order chi connectivity index (χ1) is 23.9. The fourth-order valence-corrected chi connectivity index (χ4v) is 12.3. The zero-order chi connectivity index (χ0) is 37.7. The van der Waals surface area contributed by atoms with Gasteiger partial charge < -0.3 is 26.2 Å². The third kappa shape index (κ3) is 7.00. The minimum absolute atomic E-state index is 0.00303. The summed E-state index contributed by atoms with van der Waals surface area (Å²) in [5, 5.41) is 10.7. The maximum atomic E-state index is 15.1. The highest BCUT2D eigenvalue weighted by Gasteiger charge is 2.73. The predicted octanol–water partition coefficient (Wildman–Crippen LogP) is 3.57. The summed E-state index contributed by atoms with van der Waals surface area (Å²) in [5.41, 5.74) is -1.02. The van der Waals surface area contributed by atoms with Crippen LogP contribution in [-0.2, 0) is 29.0 Å². The van der Waals surface area contributed by atoms with Gasteiger partial charge in [0, 0.05) is 18.0 Å². The van der Waals surface area contributed by atoms with Gasteiger partial charge in [0.2, 0.25) is 17.6 Å². The molecular weight excluding hydrogens is 671 g/mol. The van der Waals surface area contributed by atoms with E-state index in [1.54, 1.807) is 13.8 Å². The Balaban J connectivity index is 1.45. The molecule has 5 amide bonds. The summed E-state index contributed by atoms with van der Waals surface area (Å²) in [5.74, 6) is -2.33. The molecule has 12 nitrogen and oxygen atoms in total. The fraction of sp³-hybridized carbons (Fsp3) is 0.763. The summed E-state index contributed by atoms with van der Waals surface area (Å²) < 4.78 is 26.4. The van der Waals surface area contributed by atoms with Gasteiger partial charge >= 0.3 is 6.03 Å². The minimum Gasteiger partial charge on any atom is -0.347 e. The van der Waals surface area contributed by atoms with Crippen molar-refractivity contribution in [2.24, 2.45) is 28.6 Å². The quantitative estimate of drug-likeness (QED) is 0.157. The maximum absolute atomic E-state index is 15.1. The van der Waals surface area contributed by atoms with Crippen LogP contribution < -0.4 is 21.3 Å². The lowest BCUT2D eigenvalue weighted by molar-refractivity contribution is -0.144. The Morgan fingerprint density at radius 3 is 2.10 bits per heavy atom. The van der Waals surface area contributed by atoms with E-state index < -0.39 is 74.2 Å². The van der Waals surface area contributed by atoms with Gasteiger partial charge in [0.1, 0.15) is 12.1 Å². The molecule has 3 saturated carbocycles. The zero-order valence-corrected chi connectivity index (χ0v) is 32.2. The van der Waals surface area contributed by atoms with Gasteiger partial charge in [0.25, 0.3) is 5.91 Å². The number of amides is 5. The Labute approximate surface area is 303 Å². The van der Waals surface area contributed by atoms with Crippen molar-refractivity contribution in [1.82, 2.24) is 26.2 Å². The van der Waals surface area contributed by atoms with Crippen LogP contribution in [0.15, 0.2) is 24.3 Å². The lowest BCUT2D eigenvalue weighted by Gasteiger charge is -2.46. The van der Waals surface area contributed by atoms with Crippen LogP contribution in [0, 0.1) is 28.6 Å². The van der Waals surface area contributed by atoms with E-state index in [0.29, 0.717) is 43.3 Å². The summed E-state index contributed by atoms with van der Waals surface area (Å²) >= 11 is 0. The smallest absolute Gasteiger partial charge is 0.315 e. The third-order valence-electron chi connectivity index (χ3n) is 13.4. The number of nitrogens with one attached hydrogen (secondary N) is 4. The van der Waals surface area contributed by atoms with E-state index in [1.807, 2.05) is 6.92 Å². The van der Waals surface area contributed by atoms with Crippen LogP contribution >= 0.6 is 0 Å². The van der Waals surface area contributed by atoms with E-state index in [1.165, 1.54) is 4.90 Å². The first-order valence-corrected chi connectivity index (χ1v) is 20.6. The molecule has 0 spiro atoms. The molecule has 0 aromatic rings. The van der Waals surface area contributed by atoms with Crippen LogP contribution in [-0.4, -0.2) is 90.6 Å². The van der Waals surface area contributed by atoms with Gasteiger partial charge in [-0.1, -0.05) is 71.3 Å². The Morgan fingerprint density at radius 1 is 0.961 bits per heavy atom. The van der Waals surface area contributed by atoms with Gasteiger partial charge in [-0.3, -0.25) is 19.2 Å². The average molecular weight is 730 g/mol. The molecule has 3 aliphatic carbocycles. The topological polar surface area (TPSA) is 171 Å². The fourth-order valence-electron chi connectivity index (χ4n) is 9.98. The van der Waals surface area contributed by atoms with Crippen molar-refractivity contribution in [3.05, 3.63) is 24.3 Å². The van der Waals surface area contributed by atoms with Crippen LogP contribution in [0.25, 0.3) is 0 Å². The summed E-state index contributed by atoms with van der Waals surface area (Å²) in [6.07, 6.45) is 6.65. The van der Waals surface area contributed by atoms with Gasteiger partial charge in [-0.25, -0.2) is 13.2 Å². The highest BCUT2D eigenvalue weighted by molar-refractivity contribution is 7.92. The van der Waals surface area contributed by atoms with Gasteiger partial charge in [0.05, 0.1) is 23.1 Å². The zero-order valence-electron chi connectivity index (χ0n) is 31.4. The predicted molar refractivity (Wildman–Crippen MR) is 195 cm³/mol. The first-order valence-electron chi connectivity index (χ1n) is 18.9. The maximum Gasteiger partial charge on any atom is 0.315 e. The molecular formula is C38H59N5O7S. The average Bonchev–Trinajstić information content (AvgIpc) is 3.88. The van der Waals surface area contributed by atoms with E-state index in [0.717, 1.165) is 32.1 Å². The molecule has 5 fully saturated rings. The van der Waals surface area contributed by atoms with Crippen LogP contribution in [0.5, 0.6) is 0 Å². The second-order valence-corrected chi connectivity index (χ2v) is 18.9. The van der Waals surface area contributed by atoms with Crippen LogP contribution in [0.1, 0.15) is 106 Å². The lowest BCUT2D eigenvalue weighted by atomic mass is 9.67. The first kappa shape index (κ1) is 39.0. The van der Waals surface area contributed by atoms with Crippen molar-refractivity contribution >= 4 is 39.4 Å². The van der Waals surface area contributed by atoms with E-state index in [2.05, 4.69) is 55.2 Å². The number of hydrogen-bond donors (Lipinski definition) is 4. The summed E-state index contributed by atoms with van der Waals surface area (Å²) in [7, 11) is -3.40. The van der Waals surface area contributed by atoms with Crippen LogP contribution in [0.4, 0.5) is 4.79 Å². The second kappa shape index (κ2) is 14.3. The van der Waals surface area contributed by atoms with Crippen molar-refractivity contribution in [2.45, 2.75) is 135 Å². The van der Waals surface area contributed by atoms with Gasteiger partial charge in [-0.05, 0) is 82.0 Å². The van der Waals surface area contributed by atoms with Crippen molar-refractivity contribution in [2.75, 3.05) is 18.8 Å². The molecule has 51 heavy (non-hydrogen) atoms. The summed E-state index contributed by atoms with van der Waals surface area (Å²) in [4.78, 5) is 69.8. The number of hydrogen-bond acceptors (Lipinski definition) is 7. The van der Waals surface area contributed by atoms with Crippen molar-refractivity contribution in [3.8, 4) is 0 Å². The Kier molecular flexibility index (Phi) is 10.9. The third-order valence-corrected chi connectivity index (χ3v) is 15.9. The number of likely N-dealkylation sites (tertiary alicyclic amines) is 1. The second-order valence-electron chi connectivity index (χ2n) is 16.6. The van der Waals surface area contributed by atoms with E-state index >= 15 is 4.79 Å². The van der Waals surface area contributed by atoms with Gasteiger partial charge in [-0.2, -0.15) is 0 Å². The monoisotopic (exact) mass is 729 g/mol. The molecule has 0 aromatic carbocycles. The molecule has 0 bridgehead atoms. The number of carbonyl (C=O) groups excluding carboxylic acids is 5. The number of sulfone groups is 1. The highest BCUT2D eigenvalue weighted by Crippen LogP contribution is 2.68. The minimum atomic E-state index is -3.40. The summed E-state index contributed by atoms with van der Waals surface area (Å²) in [6.45, 7) is 20.1. The van der Waals surface area contributed by atoms with Crippen LogP contribution in [0.2, 0.25) is 0 Å². The molecule has 2 aliphatic heterocycles. The molecule has 6 atom stereocenters. The molecule has 1 unspecified atom stereocenters. The summed E-state index contributed by atoms with van der Waals surface area (Å²) in [6, 6.07) is -2.78. The largest absolute Gasteiger partial charge is 0.347 e. The molecule has 13 heteroatoms. The number of ketones is 1. The normalized spacial score (nSPS) is 29.7. The molecule has 4 N–H and O–H groups in total. The molecule has 2 heterocycles. The van der Waals surface area contributed by atoms with E-state index in [-0.39, 0.29) is 41.5 Å². The molecule has 0 aromatic heterocycles. The molecule has 284 valence electrons. The van der Waals surface area contributed by atoms with Crippen molar-refractivity contribution in [3.63, 3.8) is 0 Å². The molecule has 5 rings (SSSR count). The van der Waals surface area contributed by atoms with Gasteiger partial charge in [0.15, 0.2) is 9.84 Å². The number of nitrogens with zero attached hydrogens (tertiary/aromatic N) is 1. The molecule has 5 aliphatic rings. The lowest BCUT2D eigenvalue weighted by Crippen LogP contribution is -2.66. The number of fused-ring (bicyclic) bond motifs is 1. The number of carbonyl (C=O) groups is 5. The van der Waals surface area contributed by atoms with Gasteiger partial charge in [-0.15, -0.1) is 0 Å². The highest BCUT2D eigenvalue weighted by atomic mass is 32.2.